The highest BCUT2D eigenvalue weighted by Gasteiger charge is 2.51. The van der Waals surface area contributed by atoms with Crippen molar-refractivity contribution in [3.05, 3.63) is 24.3 Å². The predicted octanol–water partition coefficient (Wildman–Crippen LogP) is 6.11. The molecule has 1 fully saturated rings. The summed E-state index contributed by atoms with van der Waals surface area (Å²) in [6, 6.07) is 0. The maximum absolute atomic E-state index is 12.7. The smallest absolute Gasteiger partial charge is 0.462 e. The summed E-state index contributed by atoms with van der Waals surface area (Å²) in [6.07, 6.45) is 15.4. The van der Waals surface area contributed by atoms with Gasteiger partial charge in [0, 0.05) is 12.8 Å². The Morgan fingerprint density at radius 2 is 1.08 bits per heavy atom. The molecule has 1 rings (SSSR count). The summed E-state index contributed by atoms with van der Waals surface area (Å²) in [4.78, 5) is 35.4. The Labute approximate surface area is 311 Å². The minimum atomic E-state index is -5.11. The molecule has 1 saturated carbocycles. The number of carbonyl (C=O) groups is 2. The average molecular weight is 765 g/mol. The molecule has 14 heteroatoms. The van der Waals surface area contributed by atoms with Gasteiger partial charge < -0.3 is 39.9 Å². The van der Waals surface area contributed by atoms with Crippen LogP contribution in [0.15, 0.2) is 24.3 Å². The summed E-state index contributed by atoms with van der Waals surface area (Å²) >= 11 is 0. The number of allylic oxidation sites excluding steroid dienone is 4. The molecule has 0 aromatic carbocycles. The summed E-state index contributed by atoms with van der Waals surface area (Å²) in [6.45, 7) is 3.17. The normalized spacial score (nSPS) is 23.9. The molecular weight excluding hydrogens is 695 g/mol. The van der Waals surface area contributed by atoms with Crippen molar-refractivity contribution < 1.29 is 63.1 Å². The lowest BCUT2D eigenvalue weighted by Gasteiger charge is -2.41. The van der Waals surface area contributed by atoms with Crippen molar-refractivity contribution in [2.45, 2.75) is 191 Å². The van der Waals surface area contributed by atoms with Crippen molar-refractivity contribution in [1.82, 2.24) is 0 Å². The number of esters is 2. The number of aliphatic hydroxyl groups excluding tert-OH is 5. The van der Waals surface area contributed by atoms with Crippen LogP contribution in [0.5, 0.6) is 0 Å². The Bertz CT molecular complexity index is 1020. The second-order valence-corrected chi connectivity index (χ2v) is 15.2. The number of hydrogen-bond acceptors (Lipinski definition) is 12. The van der Waals surface area contributed by atoms with Crippen LogP contribution in [-0.2, 0) is 32.7 Å². The molecule has 1 aliphatic rings. The monoisotopic (exact) mass is 764 g/mol. The highest BCUT2D eigenvalue weighted by atomic mass is 31.2. The molecule has 0 heterocycles. The minimum absolute atomic E-state index is 0.0822. The van der Waals surface area contributed by atoms with E-state index in [2.05, 4.69) is 38.2 Å². The van der Waals surface area contributed by atoms with Crippen molar-refractivity contribution in [3.63, 3.8) is 0 Å². The van der Waals surface area contributed by atoms with E-state index >= 15 is 0 Å². The van der Waals surface area contributed by atoms with Crippen LogP contribution >= 0.6 is 7.82 Å². The highest BCUT2D eigenvalue weighted by Crippen LogP contribution is 2.47. The fourth-order valence-corrected chi connectivity index (χ4v) is 6.77. The molecular formula is C38H69O13P. The van der Waals surface area contributed by atoms with Gasteiger partial charge >= 0.3 is 19.8 Å². The molecule has 1 aliphatic carbocycles. The number of unbranched alkanes of at least 4 members (excludes halogenated alkanes) is 15. The van der Waals surface area contributed by atoms with E-state index in [0.29, 0.717) is 12.8 Å². The lowest BCUT2D eigenvalue weighted by atomic mass is 9.85. The average Bonchev–Trinajstić information content (AvgIpc) is 3.12. The lowest BCUT2D eigenvalue weighted by Crippen LogP contribution is -2.64. The van der Waals surface area contributed by atoms with Gasteiger partial charge in [-0.25, -0.2) is 4.57 Å². The summed E-state index contributed by atoms with van der Waals surface area (Å²) < 4.78 is 33.3. The first-order chi connectivity index (χ1) is 24.9. The zero-order valence-electron chi connectivity index (χ0n) is 31.6. The molecule has 0 amide bonds. The van der Waals surface area contributed by atoms with Gasteiger partial charge in [0.2, 0.25) is 0 Å². The molecule has 0 radical (unpaired) electrons. The molecule has 0 bridgehead atoms. The van der Waals surface area contributed by atoms with Gasteiger partial charge in [0.25, 0.3) is 0 Å². The number of ether oxygens (including phenoxy) is 2. The van der Waals surface area contributed by atoms with Crippen LogP contribution < -0.4 is 0 Å². The second-order valence-electron chi connectivity index (χ2n) is 13.8. The SMILES string of the molecule is CCC/C=C\C/C=C\CCCCCCCC(=O)OC(COC(=O)CCCCCCCCCCCC)COP(=O)(O)OC1C(O)C(O)C(O)C(O)C1O. The largest absolute Gasteiger partial charge is 0.472 e. The fraction of sp³-hybridized carbons (Fsp3) is 0.842. The number of carbonyl (C=O) groups excluding carboxylic acids is 2. The van der Waals surface area contributed by atoms with E-state index in [9.17, 15) is 44.6 Å². The van der Waals surface area contributed by atoms with E-state index in [1.54, 1.807) is 0 Å². The zero-order valence-corrected chi connectivity index (χ0v) is 32.5. The van der Waals surface area contributed by atoms with Crippen LogP contribution in [0.2, 0.25) is 0 Å². The maximum Gasteiger partial charge on any atom is 0.472 e. The first kappa shape index (κ1) is 48.3. The number of phosphoric acid groups is 1. The Hall–Kier alpha value is -1.67. The van der Waals surface area contributed by atoms with E-state index in [4.69, 9.17) is 18.5 Å². The van der Waals surface area contributed by atoms with Gasteiger partial charge in [-0.15, -0.1) is 0 Å². The molecule has 304 valence electrons. The van der Waals surface area contributed by atoms with Crippen LogP contribution in [0.25, 0.3) is 0 Å². The minimum Gasteiger partial charge on any atom is -0.462 e. The fourth-order valence-electron chi connectivity index (χ4n) is 5.79. The highest BCUT2D eigenvalue weighted by molar-refractivity contribution is 7.47. The molecule has 0 saturated heterocycles. The number of aliphatic hydroxyl groups is 5. The molecule has 6 N–H and O–H groups in total. The third-order valence-corrected chi connectivity index (χ3v) is 10.0. The third kappa shape index (κ3) is 22.5. The Balaban J connectivity index is 2.55. The van der Waals surface area contributed by atoms with Crippen molar-refractivity contribution in [2.24, 2.45) is 0 Å². The van der Waals surface area contributed by atoms with E-state index in [1.807, 2.05) is 0 Å². The van der Waals surface area contributed by atoms with E-state index in [1.165, 1.54) is 38.5 Å². The Morgan fingerprint density at radius 1 is 0.596 bits per heavy atom. The number of rotatable bonds is 31. The Kier molecular flexibility index (Phi) is 27.6. The molecule has 13 nitrogen and oxygen atoms in total. The van der Waals surface area contributed by atoms with Crippen LogP contribution in [-0.4, -0.2) is 98.3 Å². The van der Waals surface area contributed by atoms with Gasteiger partial charge in [-0.05, 0) is 38.5 Å². The quantitative estimate of drug-likeness (QED) is 0.0204. The van der Waals surface area contributed by atoms with Gasteiger partial charge in [0.1, 0.15) is 43.2 Å². The standard InChI is InChI=1S/C38H69O13P/c1-3-5-7-9-11-13-15-16-17-19-21-23-25-27-32(40)50-30(28-48-31(39)26-24-22-20-18-14-12-10-8-6-4-2)29-49-52(46,47)51-38-36(44)34(42)33(41)35(43)37(38)45/h7,9,13,15,30,33-38,41-45H,3-6,8,10-12,14,16-29H2,1-2H3,(H,46,47)/b9-7-,15-13-. The van der Waals surface area contributed by atoms with Crippen molar-refractivity contribution in [2.75, 3.05) is 13.2 Å². The Morgan fingerprint density at radius 3 is 1.63 bits per heavy atom. The lowest BCUT2D eigenvalue weighted by molar-refractivity contribution is -0.220. The van der Waals surface area contributed by atoms with Gasteiger partial charge in [-0.3, -0.25) is 18.6 Å². The first-order valence-corrected chi connectivity index (χ1v) is 21.1. The van der Waals surface area contributed by atoms with Gasteiger partial charge in [0.15, 0.2) is 6.10 Å². The van der Waals surface area contributed by atoms with Crippen molar-refractivity contribution in [1.29, 1.82) is 0 Å². The van der Waals surface area contributed by atoms with Gasteiger partial charge in [0.05, 0.1) is 6.61 Å². The molecule has 0 aromatic rings. The topological polar surface area (TPSA) is 210 Å². The first-order valence-electron chi connectivity index (χ1n) is 19.6. The van der Waals surface area contributed by atoms with Crippen LogP contribution in [0.4, 0.5) is 0 Å². The summed E-state index contributed by atoms with van der Waals surface area (Å²) in [5.74, 6) is -1.12. The maximum atomic E-state index is 12.7. The predicted molar refractivity (Wildman–Crippen MR) is 198 cm³/mol. The van der Waals surface area contributed by atoms with E-state index < -0.39 is 75.7 Å². The van der Waals surface area contributed by atoms with Crippen molar-refractivity contribution in [3.8, 4) is 0 Å². The summed E-state index contributed by atoms with van der Waals surface area (Å²) in [5, 5.41) is 49.9. The third-order valence-electron chi connectivity index (χ3n) is 9.03. The molecule has 0 aliphatic heterocycles. The zero-order chi connectivity index (χ0) is 38.6. The molecule has 0 aromatic heterocycles. The number of phosphoric ester groups is 1. The van der Waals surface area contributed by atoms with Crippen LogP contribution in [0.3, 0.4) is 0 Å². The molecule has 6 atom stereocenters. The molecule has 0 spiro atoms. The summed E-state index contributed by atoms with van der Waals surface area (Å²) in [5.41, 5.74) is 0. The van der Waals surface area contributed by atoms with Crippen LogP contribution in [0.1, 0.15) is 149 Å². The number of hydrogen-bond donors (Lipinski definition) is 6. The van der Waals surface area contributed by atoms with E-state index in [-0.39, 0.29) is 12.8 Å². The van der Waals surface area contributed by atoms with Gasteiger partial charge in [-0.1, -0.05) is 122 Å². The summed E-state index contributed by atoms with van der Waals surface area (Å²) in [7, 11) is -5.11. The van der Waals surface area contributed by atoms with Crippen LogP contribution in [0, 0.1) is 0 Å². The van der Waals surface area contributed by atoms with Gasteiger partial charge in [-0.2, -0.15) is 0 Å². The second kappa shape index (κ2) is 29.7. The molecule has 6 unspecified atom stereocenters. The molecule has 52 heavy (non-hydrogen) atoms. The van der Waals surface area contributed by atoms with E-state index in [0.717, 1.165) is 70.6 Å². The van der Waals surface area contributed by atoms with Crippen molar-refractivity contribution >= 4 is 19.8 Å².